The number of pyridine rings is 1. The van der Waals surface area contributed by atoms with E-state index in [1.165, 1.54) is 6.20 Å². The zero-order valence-electron chi connectivity index (χ0n) is 10.6. The van der Waals surface area contributed by atoms with Crippen molar-refractivity contribution in [2.75, 3.05) is 4.90 Å². The van der Waals surface area contributed by atoms with Crippen molar-refractivity contribution in [3.63, 3.8) is 0 Å². The predicted octanol–water partition coefficient (Wildman–Crippen LogP) is 2.06. The molecular formula is C15H9N3O2. The number of rotatable bonds is 1. The van der Waals surface area contributed by atoms with Crippen LogP contribution in [0.15, 0.2) is 36.5 Å². The molecule has 0 saturated heterocycles. The van der Waals surface area contributed by atoms with Crippen molar-refractivity contribution in [3.8, 4) is 6.07 Å². The van der Waals surface area contributed by atoms with E-state index in [0.717, 1.165) is 4.90 Å². The van der Waals surface area contributed by atoms with Crippen molar-refractivity contribution in [2.45, 2.75) is 6.92 Å². The SMILES string of the molecule is Cc1ccnc(N2C(=O)c3ccccc3C2=O)c1C#N. The van der Waals surface area contributed by atoms with Crippen LogP contribution < -0.4 is 4.90 Å². The van der Waals surface area contributed by atoms with Gasteiger partial charge in [-0.25, -0.2) is 9.88 Å². The smallest absolute Gasteiger partial charge is 0.267 e. The number of carbonyl (C=O) groups excluding carboxylic acids is 2. The largest absolute Gasteiger partial charge is 0.268 e. The summed E-state index contributed by atoms with van der Waals surface area (Å²) in [5, 5.41) is 9.21. The minimum absolute atomic E-state index is 0.0960. The lowest BCUT2D eigenvalue weighted by Crippen LogP contribution is -2.31. The highest BCUT2D eigenvalue weighted by Gasteiger charge is 2.38. The topological polar surface area (TPSA) is 74.1 Å². The van der Waals surface area contributed by atoms with Crippen molar-refractivity contribution in [1.29, 1.82) is 5.26 Å². The van der Waals surface area contributed by atoms with Crippen LogP contribution >= 0.6 is 0 Å². The third-order valence-corrected chi connectivity index (χ3v) is 3.26. The van der Waals surface area contributed by atoms with E-state index in [4.69, 9.17) is 0 Å². The number of nitriles is 1. The number of imide groups is 1. The van der Waals surface area contributed by atoms with Gasteiger partial charge in [0.1, 0.15) is 6.07 Å². The fourth-order valence-corrected chi connectivity index (χ4v) is 2.23. The Hall–Kier alpha value is -3.00. The van der Waals surface area contributed by atoms with E-state index in [0.29, 0.717) is 16.7 Å². The quantitative estimate of drug-likeness (QED) is 0.738. The molecule has 2 aromatic rings. The second kappa shape index (κ2) is 4.28. The normalized spacial score (nSPS) is 13.3. The number of hydrogen-bond donors (Lipinski definition) is 0. The number of aryl methyl sites for hydroxylation is 1. The lowest BCUT2D eigenvalue weighted by atomic mass is 10.1. The molecule has 0 aliphatic carbocycles. The predicted molar refractivity (Wildman–Crippen MR) is 71.3 cm³/mol. The third kappa shape index (κ3) is 1.52. The molecule has 0 atom stereocenters. The summed E-state index contributed by atoms with van der Waals surface area (Å²) in [5.41, 5.74) is 1.59. The molecule has 0 saturated carbocycles. The van der Waals surface area contributed by atoms with E-state index in [1.54, 1.807) is 37.3 Å². The van der Waals surface area contributed by atoms with Crippen LogP contribution in [-0.4, -0.2) is 16.8 Å². The molecule has 2 heterocycles. The average Bonchev–Trinajstić information content (AvgIpc) is 2.71. The molecule has 2 amide bonds. The first-order chi connectivity index (χ1) is 9.65. The average molecular weight is 263 g/mol. The Morgan fingerprint density at radius 1 is 1.10 bits per heavy atom. The minimum Gasteiger partial charge on any atom is -0.268 e. The molecule has 1 aliphatic rings. The number of aromatic nitrogens is 1. The summed E-state index contributed by atoms with van der Waals surface area (Å²) in [6, 6.07) is 10.2. The highest BCUT2D eigenvalue weighted by Crippen LogP contribution is 2.29. The highest BCUT2D eigenvalue weighted by atomic mass is 16.2. The lowest BCUT2D eigenvalue weighted by Gasteiger charge is -2.14. The van der Waals surface area contributed by atoms with Crippen LogP contribution in [0.4, 0.5) is 5.82 Å². The van der Waals surface area contributed by atoms with Crippen LogP contribution in [0.1, 0.15) is 31.8 Å². The third-order valence-electron chi connectivity index (χ3n) is 3.26. The van der Waals surface area contributed by atoms with Crippen molar-refractivity contribution in [3.05, 3.63) is 58.8 Å². The molecule has 3 rings (SSSR count). The summed E-state index contributed by atoms with van der Waals surface area (Å²) in [6.45, 7) is 1.74. The van der Waals surface area contributed by atoms with Crippen molar-refractivity contribution in [2.24, 2.45) is 0 Å². The Labute approximate surface area is 115 Å². The fourth-order valence-electron chi connectivity index (χ4n) is 2.23. The molecule has 96 valence electrons. The van der Waals surface area contributed by atoms with Gasteiger partial charge in [0.25, 0.3) is 11.8 Å². The second-order valence-electron chi connectivity index (χ2n) is 4.43. The fraction of sp³-hybridized carbons (Fsp3) is 0.0667. The summed E-state index contributed by atoms with van der Waals surface area (Å²) in [4.78, 5) is 29.7. The Balaban J connectivity index is 2.20. The molecule has 20 heavy (non-hydrogen) atoms. The number of amides is 2. The van der Waals surface area contributed by atoms with Crippen molar-refractivity contribution in [1.82, 2.24) is 4.98 Å². The van der Waals surface area contributed by atoms with Crippen LogP contribution in [0.5, 0.6) is 0 Å². The molecule has 0 unspecified atom stereocenters. The van der Waals surface area contributed by atoms with Gasteiger partial charge in [0.15, 0.2) is 5.82 Å². The van der Waals surface area contributed by atoms with Crippen LogP contribution in [0, 0.1) is 18.3 Å². The zero-order valence-corrected chi connectivity index (χ0v) is 10.6. The summed E-state index contributed by atoms with van der Waals surface area (Å²) in [6.07, 6.45) is 1.48. The highest BCUT2D eigenvalue weighted by molar-refractivity contribution is 6.34. The Morgan fingerprint density at radius 2 is 1.70 bits per heavy atom. The summed E-state index contributed by atoms with van der Waals surface area (Å²) in [5.74, 6) is -0.792. The van der Waals surface area contributed by atoms with Gasteiger partial charge < -0.3 is 0 Å². The molecule has 5 heteroatoms. The first-order valence-corrected chi connectivity index (χ1v) is 5.98. The molecule has 0 bridgehead atoms. The summed E-state index contributed by atoms with van der Waals surface area (Å²) in [7, 11) is 0. The maximum atomic E-state index is 12.3. The molecular weight excluding hydrogens is 254 g/mol. The Morgan fingerprint density at radius 3 is 2.25 bits per heavy atom. The molecule has 0 fully saturated rings. The van der Waals surface area contributed by atoms with Crippen molar-refractivity contribution >= 4 is 17.6 Å². The molecule has 1 aromatic carbocycles. The lowest BCUT2D eigenvalue weighted by molar-refractivity contribution is 0.0925. The van der Waals surface area contributed by atoms with Crippen LogP contribution in [-0.2, 0) is 0 Å². The summed E-state index contributed by atoms with van der Waals surface area (Å²) >= 11 is 0. The maximum absolute atomic E-state index is 12.3. The monoisotopic (exact) mass is 263 g/mol. The zero-order chi connectivity index (χ0) is 14.3. The number of fused-ring (bicyclic) bond motifs is 1. The first-order valence-electron chi connectivity index (χ1n) is 5.98. The van der Waals surface area contributed by atoms with E-state index >= 15 is 0 Å². The maximum Gasteiger partial charge on any atom is 0.267 e. The van der Waals surface area contributed by atoms with Gasteiger partial charge in [-0.15, -0.1) is 0 Å². The number of nitrogens with zero attached hydrogens (tertiary/aromatic N) is 3. The first kappa shape index (κ1) is 12.1. The van der Waals surface area contributed by atoms with Gasteiger partial charge in [-0.2, -0.15) is 5.26 Å². The Kier molecular flexibility index (Phi) is 2.58. The second-order valence-corrected chi connectivity index (χ2v) is 4.43. The van der Waals surface area contributed by atoms with Gasteiger partial charge in [-0.3, -0.25) is 9.59 Å². The van der Waals surface area contributed by atoms with Crippen LogP contribution in [0.25, 0.3) is 0 Å². The molecule has 0 N–H and O–H groups in total. The van der Waals surface area contributed by atoms with Gasteiger partial charge >= 0.3 is 0 Å². The number of carbonyl (C=O) groups is 2. The molecule has 5 nitrogen and oxygen atoms in total. The molecule has 1 aliphatic heterocycles. The van der Waals surface area contributed by atoms with Gasteiger partial charge in [0, 0.05) is 6.20 Å². The number of hydrogen-bond acceptors (Lipinski definition) is 4. The Bertz CT molecular complexity index is 755. The van der Waals surface area contributed by atoms with E-state index in [9.17, 15) is 14.9 Å². The van der Waals surface area contributed by atoms with E-state index in [2.05, 4.69) is 4.98 Å². The molecule has 1 aromatic heterocycles. The molecule has 0 radical (unpaired) electrons. The van der Waals surface area contributed by atoms with E-state index in [1.807, 2.05) is 6.07 Å². The van der Waals surface area contributed by atoms with E-state index < -0.39 is 11.8 Å². The van der Waals surface area contributed by atoms with Gasteiger partial charge in [-0.1, -0.05) is 12.1 Å². The van der Waals surface area contributed by atoms with Gasteiger partial charge in [-0.05, 0) is 30.7 Å². The van der Waals surface area contributed by atoms with Crippen molar-refractivity contribution < 1.29 is 9.59 Å². The minimum atomic E-state index is -0.444. The standard InChI is InChI=1S/C15H9N3O2/c1-9-6-7-17-13(12(9)8-16)18-14(19)10-4-2-3-5-11(10)15(18)20/h2-7H,1H3. The van der Waals surface area contributed by atoms with Gasteiger partial charge in [0.2, 0.25) is 0 Å². The van der Waals surface area contributed by atoms with Gasteiger partial charge in [0.05, 0.1) is 16.7 Å². The molecule has 0 spiro atoms. The van der Waals surface area contributed by atoms with Crippen LogP contribution in [0.3, 0.4) is 0 Å². The number of benzene rings is 1. The van der Waals surface area contributed by atoms with Crippen LogP contribution in [0.2, 0.25) is 0 Å². The van der Waals surface area contributed by atoms with E-state index in [-0.39, 0.29) is 11.4 Å². The summed E-state index contributed by atoms with van der Waals surface area (Å²) < 4.78 is 0. The number of anilines is 1.